The average Bonchev–Trinajstić information content (AvgIpc) is 3.01. The quantitative estimate of drug-likeness (QED) is 0.793. The summed E-state index contributed by atoms with van der Waals surface area (Å²) in [6, 6.07) is 6.45. The van der Waals surface area contributed by atoms with E-state index in [9.17, 15) is 0 Å². The van der Waals surface area contributed by atoms with Crippen LogP contribution in [0, 0.1) is 6.92 Å². The highest BCUT2D eigenvalue weighted by Gasteiger charge is 2.19. The summed E-state index contributed by atoms with van der Waals surface area (Å²) in [5.41, 5.74) is 3.67. The molecule has 1 atom stereocenters. The second kappa shape index (κ2) is 5.76. The molecule has 1 unspecified atom stereocenters. The van der Waals surface area contributed by atoms with E-state index < -0.39 is 0 Å². The van der Waals surface area contributed by atoms with Crippen LogP contribution in [-0.4, -0.2) is 26.4 Å². The van der Waals surface area contributed by atoms with Crippen LogP contribution in [0.2, 0.25) is 0 Å². The molecular formula is C15H19ClN2S. The molecular weight excluding hydrogens is 276 g/mol. The van der Waals surface area contributed by atoms with E-state index in [1.807, 2.05) is 0 Å². The number of thioether (sulfide) groups is 1. The summed E-state index contributed by atoms with van der Waals surface area (Å²) in [6.07, 6.45) is 3.54. The third kappa shape index (κ3) is 2.63. The van der Waals surface area contributed by atoms with Gasteiger partial charge < -0.3 is 4.57 Å². The van der Waals surface area contributed by atoms with Gasteiger partial charge in [-0.1, -0.05) is 12.1 Å². The lowest BCUT2D eigenvalue weighted by atomic mass is 10.2. The summed E-state index contributed by atoms with van der Waals surface area (Å²) in [6.45, 7) is 3.21. The van der Waals surface area contributed by atoms with Crippen LogP contribution >= 0.6 is 23.4 Å². The van der Waals surface area contributed by atoms with Gasteiger partial charge in [0.2, 0.25) is 0 Å². The third-order valence-corrected chi connectivity index (χ3v) is 5.36. The predicted molar refractivity (Wildman–Crippen MR) is 84.4 cm³/mol. The van der Waals surface area contributed by atoms with Crippen molar-refractivity contribution in [2.24, 2.45) is 0 Å². The number of benzene rings is 1. The van der Waals surface area contributed by atoms with E-state index in [1.54, 1.807) is 0 Å². The second-order valence-electron chi connectivity index (χ2n) is 5.16. The number of para-hydroxylation sites is 1. The lowest BCUT2D eigenvalue weighted by Crippen LogP contribution is -2.13. The number of halogens is 1. The maximum absolute atomic E-state index is 5.93. The Morgan fingerprint density at radius 1 is 1.47 bits per heavy atom. The fourth-order valence-electron chi connectivity index (χ4n) is 2.81. The highest BCUT2D eigenvalue weighted by atomic mass is 35.5. The summed E-state index contributed by atoms with van der Waals surface area (Å²) in [4.78, 5) is 4.81. The Balaban J connectivity index is 2.02. The lowest BCUT2D eigenvalue weighted by molar-refractivity contribution is 0.627. The van der Waals surface area contributed by atoms with Gasteiger partial charge in [-0.05, 0) is 37.1 Å². The maximum Gasteiger partial charge on any atom is 0.111 e. The van der Waals surface area contributed by atoms with E-state index in [4.69, 9.17) is 16.6 Å². The van der Waals surface area contributed by atoms with Gasteiger partial charge in [0.1, 0.15) is 5.82 Å². The molecule has 2 aromatic rings. The molecule has 3 rings (SSSR count). The first-order chi connectivity index (χ1) is 9.29. The van der Waals surface area contributed by atoms with Gasteiger partial charge in [-0.2, -0.15) is 11.8 Å². The van der Waals surface area contributed by atoms with Gasteiger partial charge >= 0.3 is 0 Å². The molecule has 1 aliphatic rings. The monoisotopic (exact) mass is 294 g/mol. The number of alkyl halides is 1. The van der Waals surface area contributed by atoms with Gasteiger partial charge in [0.05, 0.1) is 11.0 Å². The zero-order valence-corrected chi connectivity index (χ0v) is 12.8. The number of imidazole rings is 1. The number of hydrogen-bond acceptors (Lipinski definition) is 2. The molecule has 0 N–H and O–H groups in total. The van der Waals surface area contributed by atoms with E-state index in [1.165, 1.54) is 29.7 Å². The molecule has 0 spiro atoms. The zero-order valence-electron chi connectivity index (χ0n) is 11.2. The van der Waals surface area contributed by atoms with Gasteiger partial charge in [-0.3, -0.25) is 0 Å². The van der Waals surface area contributed by atoms with Gasteiger partial charge in [0.25, 0.3) is 0 Å². The van der Waals surface area contributed by atoms with Crippen molar-refractivity contribution in [3.63, 3.8) is 0 Å². The summed E-state index contributed by atoms with van der Waals surface area (Å²) in [5, 5.41) is 0.743. The minimum absolute atomic E-state index is 0.639. The maximum atomic E-state index is 5.93. The summed E-state index contributed by atoms with van der Waals surface area (Å²) in [5.74, 6) is 3.09. The van der Waals surface area contributed by atoms with Crippen LogP contribution in [-0.2, 0) is 13.0 Å². The Kier molecular flexibility index (Phi) is 4.04. The highest BCUT2D eigenvalue weighted by Crippen LogP contribution is 2.30. The Bertz CT molecular complexity index is 573. The molecule has 0 radical (unpaired) electrons. The van der Waals surface area contributed by atoms with E-state index in [0.717, 1.165) is 29.6 Å². The Morgan fingerprint density at radius 2 is 2.37 bits per heavy atom. The standard InChI is InChI=1S/C15H19ClN2S/c1-11-4-2-6-13-15(11)17-14(7-8-16)18(13)10-12-5-3-9-19-12/h2,4,6,12H,3,5,7-10H2,1H3. The summed E-state index contributed by atoms with van der Waals surface area (Å²) < 4.78 is 2.40. The van der Waals surface area contributed by atoms with Crippen LogP contribution in [0.1, 0.15) is 24.2 Å². The molecule has 2 heterocycles. The van der Waals surface area contributed by atoms with Crippen molar-refractivity contribution in [2.75, 3.05) is 11.6 Å². The van der Waals surface area contributed by atoms with Crippen molar-refractivity contribution in [3.05, 3.63) is 29.6 Å². The fourth-order valence-corrected chi connectivity index (χ4v) is 4.23. The van der Waals surface area contributed by atoms with Crippen LogP contribution in [0.15, 0.2) is 18.2 Å². The molecule has 0 bridgehead atoms. The van der Waals surface area contributed by atoms with Gasteiger partial charge in [-0.25, -0.2) is 4.98 Å². The Hall–Kier alpha value is -0.670. The summed E-state index contributed by atoms with van der Waals surface area (Å²) >= 11 is 8.03. The average molecular weight is 295 g/mol. The largest absolute Gasteiger partial charge is 0.327 e. The van der Waals surface area contributed by atoms with E-state index in [2.05, 4.69) is 41.5 Å². The van der Waals surface area contributed by atoms with Crippen LogP contribution in [0.3, 0.4) is 0 Å². The topological polar surface area (TPSA) is 17.8 Å². The predicted octanol–water partition coefficient (Wildman–Crippen LogP) is 4.02. The molecule has 1 fully saturated rings. The SMILES string of the molecule is Cc1cccc2c1nc(CCCl)n2CC1CCCS1. The van der Waals surface area contributed by atoms with Crippen molar-refractivity contribution in [1.29, 1.82) is 0 Å². The second-order valence-corrected chi connectivity index (χ2v) is 6.94. The smallest absolute Gasteiger partial charge is 0.111 e. The fraction of sp³-hybridized carbons (Fsp3) is 0.533. The molecule has 1 aliphatic heterocycles. The number of hydrogen-bond donors (Lipinski definition) is 0. The van der Waals surface area contributed by atoms with Crippen LogP contribution in [0.4, 0.5) is 0 Å². The molecule has 102 valence electrons. The van der Waals surface area contributed by atoms with Crippen LogP contribution in [0.25, 0.3) is 11.0 Å². The number of aromatic nitrogens is 2. The minimum atomic E-state index is 0.639. The molecule has 0 aliphatic carbocycles. The molecule has 0 amide bonds. The first kappa shape index (κ1) is 13.3. The van der Waals surface area contributed by atoms with Gasteiger partial charge in [-0.15, -0.1) is 11.6 Å². The molecule has 1 saturated heterocycles. The number of rotatable bonds is 4. The number of fused-ring (bicyclic) bond motifs is 1. The number of aryl methyl sites for hydroxylation is 2. The van der Waals surface area contributed by atoms with Crippen molar-refractivity contribution in [1.82, 2.24) is 9.55 Å². The molecule has 19 heavy (non-hydrogen) atoms. The normalized spacial score (nSPS) is 19.4. The molecule has 0 saturated carbocycles. The van der Waals surface area contributed by atoms with Crippen LogP contribution < -0.4 is 0 Å². The molecule has 2 nitrogen and oxygen atoms in total. The molecule has 1 aromatic carbocycles. The van der Waals surface area contributed by atoms with E-state index in [-0.39, 0.29) is 0 Å². The third-order valence-electron chi connectivity index (χ3n) is 3.79. The van der Waals surface area contributed by atoms with Crippen molar-refractivity contribution in [3.8, 4) is 0 Å². The number of nitrogens with zero attached hydrogens (tertiary/aromatic N) is 2. The van der Waals surface area contributed by atoms with Crippen molar-refractivity contribution < 1.29 is 0 Å². The van der Waals surface area contributed by atoms with E-state index >= 15 is 0 Å². The molecule has 1 aromatic heterocycles. The minimum Gasteiger partial charge on any atom is -0.327 e. The Labute approximate surface area is 123 Å². The van der Waals surface area contributed by atoms with Crippen molar-refractivity contribution >= 4 is 34.4 Å². The van der Waals surface area contributed by atoms with Crippen molar-refractivity contribution in [2.45, 2.75) is 38.0 Å². The Morgan fingerprint density at radius 3 is 3.11 bits per heavy atom. The lowest BCUT2D eigenvalue weighted by Gasteiger charge is -2.13. The van der Waals surface area contributed by atoms with Gasteiger partial charge in [0, 0.05) is 24.1 Å². The van der Waals surface area contributed by atoms with Gasteiger partial charge in [0.15, 0.2) is 0 Å². The summed E-state index contributed by atoms with van der Waals surface area (Å²) in [7, 11) is 0. The first-order valence-corrected chi connectivity index (χ1v) is 8.50. The van der Waals surface area contributed by atoms with Crippen LogP contribution in [0.5, 0.6) is 0 Å². The first-order valence-electron chi connectivity index (χ1n) is 6.92. The molecule has 4 heteroatoms. The van der Waals surface area contributed by atoms with E-state index in [0.29, 0.717) is 5.88 Å². The zero-order chi connectivity index (χ0) is 13.2. The highest BCUT2D eigenvalue weighted by molar-refractivity contribution is 8.00.